The molecule has 1 aliphatic heterocycles. The molecule has 1 spiro atoms. The number of benzene rings is 1. The lowest BCUT2D eigenvalue weighted by atomic mass is 9.98. The van der Waals surface area contributed by atoms with Crippen molar-refractivity contribution >= 4 is 16.0 Å². The molecule has 1 saturated carbocycles. The average Bonchev–Trinajstić information content (AvgIpc) is 3.17. The fourth-order valence-electron chi connectivity index (χ4n) is 3.33. The van der Waals surface area contributed by atoms with Gasteiger partial charge < -0.3 is 5.11 Å². The van der Waals surface area contributed by atoms with Crippen LogP contribution in [0.4, 0.5) is 0 Å². The molecule has 3 rings (SSSR count). The highest BCUT2D eigenvalue weighted by Crippen LogP contribution is 2.51. The van der Waals surface area contributed by atoms with Gasteiger partial charge in [-0.3, -0.25) is 0 Å². The molecular formula is C16H19NO4S. The van der Waals surface area contributed by atoms with E-state index in [1.54, 1.807) is 11.2 Å². The van der Waals surface area contributed by atoms with Gasteiger partial charge in [-0.15, -0.1) is 0 Å². The Morgan fingerprint density at radius 1 is 1.36 bits per heavy atom. The van der Waals surface area contributed by atoms with Crippen LogP contribution >= 0.6 is 0 Å². The van der Waals surface area contributed by atoms with E-state index in [1.807, 2.05) is 0 Å². The minimum Gasteiger partial charge on any atom is -0.478 e. The lowest BCUT2D eigenvalue weighted by Crippen LogP contribution is -2.46. The molecule has 5 nitrogen and oxygen atoms in total. The molecule has 0 amide bonds. The molecular weight excluding hydrogens is 302 g/mol. The molecule has 0 atom stereocenters. The first-order valence-electron chi connectivity index (χ1n) is 7.30. The summed E-state index contributed by atoms with van der Waals surface area (Å²) in [6.07, 6.45) is 3.08. The Kier molecular flexibility index (Phi) is 3.41. The standard InChI is InChI=1S/C16H19NO4S/c1-11-6-9-17(16(10-11)7-8-16)22(20,21)14-5-3-4-13(12(14)2)15(18)19/h3-5H,1,6-10H2,2H3,(H,18,19). The van der Waals surface area contributed by atoms with Crippen LogP contribution in [-0.4, -0.2) is 35.9 Å². The Morgan fingerprint density at radius 3 is 2.64 bits per heavy atom. The summed E-state index contributed by atoms with van der Waals surface area (Å²) in [6.45, 7) is 5.98. The van der Waals surface area contributed by atoms with Gasteiger partial charge in [-0.25, -0.2) is 13.2 Å². The average molecular weight is 321 g/mol. The summed E-state index contributed by atoms with van der Waals surface area (Å²) in [5.74, 6) is -1.11. The fourth-order valence-corrected chi connectivity index (χ4v) is 5.40. The predicted octanol–water partition coefficient (Wildman–Crippen LogP) is 2.57. The van der Waals surface area contributed by atoms with Crippen molar-refractivity contribution in [2.45, 2.75) is 43.0 Å². The molecule has 0 radical (unpaired) electrons. The van der Waals surface area contributed by atoms with Crippen molar-refractivity contribution in [2.75, 3.05) is 6.54 Å². The van der Waals surface area contributed by atoms with Crippen molar-refractivity contribution in [1.29, 1.82) is 0 Å². The van der Waals surface area contributed by atoms with Gasteiger partial charge in [0.2, 0.25) is 10.0 Å². The van der Waals surface area contributed by atoms with Crippen LogP contribution in [0.3, 0.4) is 0 Å². The largest absolute Gasteiger partial charge is 0.478 e. The Labute approximate surface area is 130 Å². The minimum absolute atomic E-state index is 0.0346. The van der Waals surface area contributed by atoms with E-state index in [1.165, 1.54) is 18.2 Å². The third kappa shape index (κ3) is 2.27. The number of carbonyl (C=O) groups is 1. The molecule has 1 N–H and O–H groups in total. The van der Waals surface area contributed by atoms with E-state index in [0.29, 0.717) is 24.9 Å². The van der Waals surface area contributed by atoms with Crippen molar-refractivity contribution in [3.63, 3.8) is 0 Å². The second kappa shape index (κ2) is 4.93. The molecule has 1 aromatic carbocycles. The van der Waals surface area contributed by atoms with E-state index in [4.69, 9.17) is 0 Å². The summed E-state index contributed by atoms with van der Waals surface area (Å²) < 4.78 is 27.7. The monoisotopic (exact) mass is 321 g/mol. The number of carboxylic acid groups (broad SMARTS) is 1. The van der Waals surface area contributed by atoms with Crippen molar-refractivity contribution in [2.24, 2.45) is 0 Å². The molecule has 22 heavy (non-hydrogen) atoms. The highest BCUT2D eigenvalue weighted by molar-refractivity contribution is 7.89. The second-order valence-electron chi connectivity index (χ2n) is 6.21. The van der Waals surface area contributed by atoms with E-state index in [9.17, 15) is 18.3 Å². The highest BCUT2D eigenvalue weighted by atomic mass is 32.2. The van der Waals surface area contributed by atoms with Crippen molar-refractivity contribution < 1.29 is 18.3 Å². The molecule has 6 heteroatoms. The number of hydrogen-bond donors (Lipinski definition) is 1. The van der Waals surface area contributed by atoms with Gasteiger partial charge >= 0.3 is 5.97 Å². The molecule has 1 heterocycles. The zero-order valence-corrected chi connectivity index (χ0v) is 13.3. The van der Waals surface area contributed by atoms with Crippen LogP contribution in [0.15, 0.2) is 35.2 Å². The quantitative estimate of drug-likeness (QED) is 0.868. The molecule has 0 bridgehead atoms. The van der Waals surface area contributed by atoms with Crippen LogP contribution < -0.4 is 0 Å². The number of aromatic carboxylic acids is 1. The zero-order chi connectivity index (χ0) is 16.1. The van der Waals surface area contributed by atoms with Crippen LogP contribution in [0, 0.1) is 6.92 Å². The summed E-state index contributed by atoms with van der Waals surface area (Å²) >= 11 is 0. The highest BCUT2D eigenvalue weighted by Gasteiger charge is 2.54. The van der Waals surface area contributed by atoms with E-state index >= 15 is 0 Å². The summed E-state index contributed by atoms with van der Waals surface area (Å²) in [4.78, 5) is 11.3. The van der Waals surface area contributed by atoms with Gasteiger partial charge in [-0.1, -0.05) is 18.2 Å². The van der Waals surface area contributed by atoms with E-state index in [2.05, 4.69) is 6.58 Å². The first-order chi connectivity index (χ1) is 10.3. The summed E-state index contributed by atoms with van der Waals surface area (Å²) in [5, 5.41) is 9.20. The smallest absolute Gasteiger partial charge is 0.335 e. The van der Waals surface area contributed by atoms with Crippen molar-refractivity contribution in [3.8, 4) is 0 Å². The Bertz CT molecular complexity index is 762. The molecule has 1 aliphatic carbocycles. The number of sulfonamides is 1. The van der Waals surface area contributed by atoms with Gasteiger partial charge in [-0.2, -0.15) is 4.31 Å². The number of nitrogens with zero attached hydrogens (tertiary/aromatic N) is 1. The van der Waals surface area contributed by atoms with Gasteiger partial charge in [-0.05, 0) is 50.3 Å². The van der Waals surface area contributed by atoms with Gasteiger partial charge in [0.05, 0.1) is 10.5 Å². The molecule has 0 aromatic heterocycles. The normalized spacial score (nSPS) is 21.0. The zero-order valence-electron chi connectivity index (χ0n) is 12.5. The van der Waals surface area contributed by atoms with Gasteiger partial charge in [0.25, 0.3) is 0 Å². The maximum absolute atomic E-state index is 13.0. The fraction of sp³-hybridized carbons (Fsp3) is 0.438. The molecule has 0 unspecified atom stereocenters. The van der Waals surface area contributed by atoms with Crippen molar-refractivity contribution in [3.05, 3.63) is 41.5 Å². The maximum atomic E-state index is 13.0. The van der Waals surface area contributed by atoms with E-state index in [0.717, 1.165) is 18.4 Å². The topological polar surface area (TPSA) is 74.7 Å². The number of rotatable bonds is 3. The molecule has 118 valence electrons. The Balaban J connectivity index is 2.06. The lowest BCUT2D eigenvalue weighted by Gasteiger charge is -2.36. The summed E-state index contributed by atoms with van der Waals surface area (Å²) in [7, 11) is -3.69. The number of piperidine rings is 1. The molecule has 1 aromatic rings. The van der Waals surface area contributed by atoms with E-state index in [-0.39, 0.29) is 16.0 Å². The minimum atomic E-state index is -3.69. The lowest BCUT2D eigenvalue weighted by molar-refractivity contribution is 0.0696. The number of hydrogen-bond acceptors (Lipinski definition) is 3. The van der Waals surface area contributed by atoms with Gasteiger partial charge in [0, 0.05) is 12.1 Å². The second-order valence-corrected chi connectivity index (χ2v) is 8.04. The Morgan fingerprint density at radius 2 is 2.05 bits per heavy atom. The van der Waals surface area contributed by atoms with Crippen LogP contribution in [0.1, 0.15) is 41.6 Å². The summed E-state index contributed by atoms with van der Waals surface area (Å²) in [6, 6.07) is 4.42. The first-order valence-corrected chi connectivity index (χ1v) is 8.74. The molecule has 1 saturated heterocycles. The first kappa shape index (κ1) is 15.2. The Hall–Kier alpha value is -1.66. The van der Waals surface area contributed by atoms with Crippen LogP contribution in [0.25, 0.3) is 0 Å². The predicted molar refractivity (Wildman–Crippen MR) is 82.4 cm³/mol. The van der Waals surface area contributed by atoms with Gasteiger partial charge in [0.15, 0.2) is 0 Å². The maximum Gasteiger partial charge on any atom is 0.335 e. The van der Waals surface area contributed by atoms with Crippen molar-refractivity contribution in [1.82, 2.24) is 4.31 Å². The van der Waals surface area contributed by atoms with Crippen LogP contribution in [0.2, 0.25) is 0 Å². The van der Waals surface area contributed by atoms with E-state index < -0.39 is 16.0 Å². The van der Waals surface area contributed by atoms with Gasteiger partial charge in [0.1, 0.15) is 0 Å². The molecule has 2 fully saturated rings. The number of carboxylic acids is 1. The molecule has 2 aliphatic rings. The van der Waals surface area contributed by atoms with Crippen LogP contribution in [0.5, 0.6) is 0 Å². The third-order valence-corrected chi connectivity index (χ3v) is 6.83. The SMILES string of the molecule is C=C1CCN(S(=O)(=O)c2cccc(C(=O)O)c2C)C2(CC2)C1. The van der Waals surface area contributed by atoms with Crippen LogP contribution in [-0.2, 0) is 10.0 Å². The summed E-state index contributed by atoms with van der Waals surface area (Å²) in [5.41, 5.74) is 1.11. The third-order valence-electron chi connectivity index (χ3n) is 4.69.